The number of nitrogens with zero attached hydrogens (tertiary/aromatic N) is 3. The van der Waals surface area contributed by atoms with Gasteiger partial charge in [0.05, 0.1) is 17.3 Å². The highest BCUT2D eigenvalue weighted by Gasteiger charge is 2.26. The molecule has 176 valence electrons. The molecule has 2 N–H and O–H groups in total. The van der Waals surface area contributed by atoms with Gasteiger partial charge in [-0.15, -0.1) is 0 Å². The van der Waals surface area contributed by atoms with Gasteiger partial charge >= 0.3 is 0 Å². The predicted molar refractivity (Wildman–Crippen MR) is 123 cm³/mol. The van der Waals surface area contributed by atoms with Gasteiger partial charge < -0.3 is 10.6 Å². The fourth-order valence-electron chi connectivity index (χ4n) is 4.07. The molecule has 6 nitrogen and oxygen atoms in total. The fraction of sp³-hybridized carbons (Fsp3) is 0.609. The number of halogens is 3. The number of rotatable bonds is 8. The van der Waals surface area contributed by atoms with E-state index in [-0.39, 0.29) is 16.6 Å². The summed E-state index contributed by atoms with van der Waals surface area (Å²) in [5.74, 6) is -1.52. The van der Waals surface area contributed by atoms with E-state index in [1.807, 2.05) is 13.8 Å². The molecule has 2 heterocycles. The minimum Gasteiger partial charge on any atom is -0.364 e. The fourth-order valence-corrected chi connectivity index (χ4v) is 4.39. The Morgan fingerprint density at radius 2 is 2.00 bits per heavy atom. The average Bonchev–Trinajstić information content (AvgIpc) is 3.07. The highest BCUT2D eigenvalue weighted by Crippen LogP contribution is 2.34. The molecule has 0 aliphatic heterocycles. The number of hydrogen-bond donors (Lipinski definition) is 2. The average molecular weight is 468 g/mol. The number of nitrogens with one attached hydrogen (secondary N) is 2. The van der Waals surface area contributed by atoms with Gasteiger partial charge in [0.2, 0.25) is 0 Å². The summed E-state index contributed by atoms with van der Waals surface area (Å²) in [5, 5.41) is 10.4. The maximum Gasteiger partial charge on any atom is 0.273 e. The van der Waals surface area contributed by atoms with E-state index in [1.165, 1.54) is 12.8 Å². The Balaban J connectivity index is 1.77. The van der Waals surface area contributed by atoms with Crippen molar-refractivity contribution in [3.8, 4) is 11.3 Å². The number of aromatic nitrogens is 3. The summed E-state index contributed by atoms with van der Waals surface area (Å²) in [7, 11) is 0. The molecule has 1 saturated carbocycles. The van der Waals surface area contributed by atoms with E-state index in [4.69, 9.17) is 11.6 Å². The van der Waals surface area contributed by atoms with Crippen LogP contribution in [0.2, 0.25) is 5.02 Å². The van der Waals surface area contributed by atoms with E-state index >= 15 is 0 Å². The topological polar surface area (TPSA) is 71.8 Å². The Hall–Kier alpha value is -2.22. The van der Waals surface area contributed by atoms with Crippen LogP contribution < -0.4 is 10.6 Å². The molecule has 0 bridgehead atoms. The summed E-state index contributed by atoms with van der Waals surface area (Å²) >= 11 is 6.62. The van der Waals surface area contributed by atoms with E-state index in [0.717, 1.165) is 31.2 Å². The second kappa shape index (κ2) is 10.1. The third kappa shape index (κ3) is 5.97. The zero-order valence-corrected chi connectivity index (χ0v) is 19.9. The number of amides is 1. The molecule has 1 fully saturated rings. The summed E-state index contributed by atoms with van der Waals surface area (Å²) < 4.78 is 27.9. The Kier molecular flexibility index (Phi) is 7.75. The normalized spacial score (nSPS) is 19.1. The molecule has 0 saturated heterocycles. The first-order chi connectivity index (χ1) is 15.1. The van der Waals surface area contributed by atoms with Gasteiger partial charge in [-0.05, 0) is 50.2 Å². The molecule has 1 aliphatic carbocycles. The zero-order valence-electron chi connectivity index (χ0n) is 19.1. The lowest BCUT2D eigenvalue weighted by Crippen LogP contribution is -2.31. The van der Waals surface area contributed by atoms with Crippen molar-refractivity contribution in [1.82, 2.24) is 20.1 Å². The highest BCUT2D eigenvalue weighted by molar-refractivity contribution is 6.36. The molecule has 0 radical (unpaired) electrons. The van der Waals surface area contributed by atoms with E-state index in [9.17, 15) is 13.6 Å². The summed E-state index contributed by atoms with van der Waals surface area (Å²) in [6, 6.07) is 1.69. The summed E-state index contributed by atoms with van der Waals surface area (Å²) in [5.41, 5.74) is 2.29. The Morgan fingerprint density at radius 1 is 1.31 bits per heavy atom. The van der Waals surface area contributed by atoms with Gasteiger partial charge in [0, 0.05) is 31.8 Å². The van der Waals surface area contributed by atoms with Gasteiger partial charge in [0.25, 0.3) is 11.8 Å². The van der Waals surface area contributed by atoms with Crippen molar-refractivity contribution in [3.63, 3.8) is 0 Å². The van der Waals surface area contributed by atoms with E-state index in [1.54, 1.807) is 16.9 Å². The second-order valence-electron chi connectivity index (χ2n) is 8.97. The first-order valence-electron chi connectivity index (χ1n) is 11.2. The van der Waals surface area contributed by atoms with Crippen LogP contribution in [0.15, 0.2) is 12.3 Å². The lowest BCUT2D eigenvalue weighted by atomic mass is 9.83. The van der Waals surface area contributed by atoms with Crippen LogP contribution in [0.5, 0.6) is 0 Å². The van der Waals surface area contributed by atoms with Crippen LogP contribution in [-0.4, -0.2) is 39.7 Å². The number of alkyl halides is 2. The number of hydrogen-bond acceptors (Lipinski definition) is 4. The standard InChI is InChI=1S/C23H32ClF2N5O/c1-5-31-21(17-12-27-18(10-15(17)3)29-13-23(4,25)26)19(24)20(30-31)22(32)28-11-16-8-6-14(2)7-9-16/h10,12,14,16H,5-9,11,13H2,1-4H3,(H,27,29)(H,28,32). The van der Waals surface area contributed by atoms with Crippen molar-refractivity contribution >= 4 is 23.3 Å². The third-order valence-corrected chi connectivity index (χ3v) is 6.40. The van der Waals surface area contributed by atoms with E-state index in [0.29, 0.717) is 36.1 Å². The number of aryl methyl sites for hydroxylation is 2. The van der Waals surface area contributed by atoms with Gasteiger partial charge in [-0.3, -0.25) is 9.48 Å². The lowest BCUT2D eigenvalue weighted by molar-refractivity contribution is 0.0367. The Bertz CT molecular complexity index is 949. The molecule has 0 atom stereocenters. The van der Waals surface area contributed by atoms with Gasteiger partial charge in [-0.2, -0.15) is 5.10 Å². The minimum absolute atomic E-state index is 0.194. The first kappa shape index (κ1) is 24.4. The van der Waals surface area contributed by atoms with Gasteiger partial charge in [-0.1, -0.05) is 31.4 Å². The summed E-state index contributed by atoms with van der Waals surface area (Å²) in [6.07, 6.45) is 6.22. The first-order valence-corrected chi connectivity index (χ1v) is 11.6. The molecular weight excluding hydrogens is 436 g/mol. The van der Waals surface area contributed by atoms with Gasteiger partial charge in [0.1, 0.15) is 5.82 Å². The van der Waals surface area contributed by atoms with Crippen molar-refractivity contribution in [1.29, 1.82) is 0 Å². The summed E-state index contributed by atoms with van der Waals surface area (Å²) in [4.78, 5) is 17.1. The number of carbonyl (C=O) groups excluding carboxylic acids is 1. The molecule has 0 spiro atoms. The predicted octanol–water partition coefficient (Wildman–Crippen LogP) is 5.55. The van der Waals surface area contributed by atoms with Crippen LogP contribution >= 0.6 is 11.6 Å². The molecule has 32 heavy (non-hydrogen) atoms. The summed E-state index contributed by atoms with van der Waals surface area (Å²) in [6.45, 7) is 7.52. The second-order valence-corrected chi connectivity index (χ2v) is 9.35. The van der Waals surface area contributed by atoms with Crippen LogP contribution in [-0.2, 0) is 6.54 Å². The molecule has 2 aromatic rings. The largest absolute Gasteiger partial charge is 0.364 e. The van der Waals surface area contributed by atoms with Crippen LogP contribution in [0.25, 0.3) is 11.3 Å². The van der Waals surface area contributed by atoms with Gasteiger partial charge in [0.15, 0.2) is 5.69 Å². The smallest absolute Gasteiger partial charge is 0.273 e. The molecule has 9 heteroatoms. The van der Waals surface area contributed by atoms with Crippen LogP contribution in [0, 0.1) is 18.8 Å². The van der Waals surface area contributed by atoms with E-state index in [2.05, 4.69) is 27.6 Å². The molecule has 2 aromatic heterocycles. The third-order valence-electron chi connectivity index (χ3n) is 6.04. The molecule has 1 aliphatic rings. The van der Waals surface area contributed by atoms with Crippen molar-refractivity contribution in [2.45, 2.75) is 65.8 Å². The molecule has 0 aromatic carbocycles. The zero-order chi connectivity index (χ0) is 23.5. The molecular formula is C23H32ClF2N5O. The van der Waals surface area contributed by atoms with Crippen molar-refractivity contribution in [2.75, 3.05) is 18.4 Å². The van der Waals surface area contributed by atoms with Crippen molar-refractivity contribution < 1.29 is 13.6 Å². The lowest BCUT2D eigenvalue weighted by Gasteiger charge is -2.26. The molecule has 0 unspecified atom stereocenters. The van der Waals surface area contributed by atoms with Crippen LogP contribution in [0.3, 0.4) is 0 Å². The van der Waals surface area contributed by atoms with Crippen molar-refractivity contribution in [3.05, 3.63) is 28.5 Å². The maximum absolute atomic E-state index is 13.1. The Morgan fingerprint density at radius 3 is 2.59 bits per heavy atom. The highest BCUT2D eigenvalue weighted by atomic mass is 35.5. The van der Waals surface area contributed by atoms with Crippen LogP contribution in [0.4, 0.5) is 14.6 Å². The van der Waals surface area contributed by atoms with Crippen LogP contribution in [0.1, 0.15) is 62.5 Å². The number of carbonyl (C=O) groups is 1. The SMILES string of the molecule is CCn1nc(C(=O)NCC2CCC(C)CC2)c(Cl)c1-c1cnc(NCC(C)(F)F)cc1C. The quantitative estimate of drug-likeness (QED) is 0.534. The number of pyridine rings is 1. The molecule has 1 amide bonds. The minimum atomic E-state index is -2.84. The number of anilines is 1. The Labute approximate surface area is 193 Å². The van der Waals surface area contributed by atoms with Gasteiger partial charge in [-0.25, -0.2) is 13.8 Å². The molecule has 3 rings (SSSR count). The van der Waals surface area contributed by atoms with Crippen molar-refractivity contribution in [2.24, 2.45) is 11.8 Å². The van der Waals surface area contributed by atoms with E-state index < -0.39 is 12.5 Å². The maximum atomic E-state index is 13.1. The monoisotopic (exact) mass is 467 g/mol.